The minimum absolute atomic E-state index is 0.0705. The highest BCUT2D eigenvalue weighted by Crippen LogP contribution is 2.26. The van der Waals surface area contributed by atoms with Crippen molar-refractivity contribution in [1.29, 1.82) is 0 Å². The van der Waals surface area contributed by atoms with E-state index in [0.29, 0.717) is 5.58 Å². The minimum Gasteiger partial charge on any atom is -0.408 e. The normalized spacial score (nSPS) is 12.7. The Morgan fingerprint density at radius 3 is 2.67 bits per heavy atom. The third-order valence-corrected chi connectivity index (χ3v) is 3.94. The number of aryl methyl sites for hydroxylation is 2. The fraction of sp³-hybridized carbons (Fsp3) is 0.235. The molecule has 0 saturated carbocycles. The highest BCUT2D eigenvalue weighted by Gasteiger charge is 2.16. The maximum absolute atomic E-state index is 11.6. The molecule has 1 unspecified atom stereocenters. The van der Waals surface area contributed by atoms with Gasteiger partial charge in [0, 0.05) is 7.05 Å². The molecule has 0 aliphatic rings. The topological polar surface area (TPSA) is 47.2 Å². The van der Waals surface area contributed by atoms with E-state index in [1.807, 2.05) is 37.4 Å². The van der Waals surface area contributed by atoms with Crippen molar-refractivity contribution >= 4 is 11.1 Å². The van der Waals surface area contributed by atoms with Gasteiger partial charge in [-0.05, 0) is 42.8 Å². The molecule has 1 aromatic heterocycles. The molecular formula is C17H18N2O2. The highest BCUT2D eigenvalue weighted by atomic mass is 16.4. The van der Waals surface area contributed by atoms with Crippen LogP contribution in [0.5, 0.6) is 0 Å². The third-order valence-electron chi connectivity index (χ3n) is 3.94. The largest absolute Gasteiger partial charge is 0.419 e. The first-order valence-electron chi connectivity index (χ1n) is 6.94. The first-order chi connectivity index (χ1) is 10.1. The van der Waals surface area contributed by atoms with E-state index in [4.69, 9.17) is 4.42 Å². The molecule has 108 valence electrons. The molecular weight excluding hydrogens is 264 g/mol. The first kappa shape index (κ1) is 13.6. The molecule has 3 rings (SSSR count). The summed E-state index contributed by atoms with van der Waals surface area (Å²) >= 11 is 0. The number of hydrogen-bond acceptors (Lipinski definition) is 3. The van der Waals surface area contributed by atoms with E-state index in [1.165, 1.54) is 15.7 Å². The van der Waals surface area contributed by atoms with Crippen molar-refractivity contribution < 1.29 is 4.42 Å². The van der Waals surface area contributed by atoms with Gasteiger partial charge < -0.3 is 9.73 Å². The summed E-state index contributed by atoms with van der Waals surface area (Å²) in [6.45, 7) is 2.10. The molecule has 0 saturated heterocycles. The maximum atomic E-state index is 11.6. The van der Waals surface area contributed by atoms with E-state index in [1.54, 1.807) is 7.05 Å². The highest BCUT2D eigenvalue weighted by molar-refractivity contribution is 5.74. The quantitative estimate of drug-likeness (QED) is 0.803. The van der Waals surface area contributed by atoms with Gasteiger partial charge >= 0.3 is 5.76 Å². The van der Waals surface area contributed by atoms with Crippen LogP contribution < -0.4 is 11.1 Å². The Hall–Kier alpha value is -2.33. The maximum Gasteiger partial charge on any atom is 0.419 e. The average Bonchev–Trinajstić information content (AvgIpc) is 2.77. The molecule has 0 fully saturated rings. The van der Waals surface area contributed by atoms with Crippen LogP contribution in [0.25, 0.3) is 11.1 Å². The fourth-order valence-corrected chi connectivity index (χ4v) is 2.74. The molecule has 0 amide bonds. The number of fused-ring (bicyclic) bond motifs is 1. The zero-order chi connectivity index (χ0) is 15.0. The molecule has 0 bridgehead atoms. The van der Waals surface area contributed by atoms with E-state index < -0.39 is 0 Å². The minimum atomic E-state index is -0.334. The predicted molar refractivity (Wildman–Crippen MR) is 83.5 cm³/mol. The van der Waals surface area contributed by atoms with Crippen molar-refractivity contribution in [3.63, 3.8) is 0 Å². The smallest absolute Gasteiger partial charge is 0.408 e. The predicted octanol–water partition coefficient (Wildman–Crippen LogP) is 2.75. The van der Waals surface area contributed by atoms with Gasteiger partial charge in [-0.2, -0.15) is 0 Å². The van der Waals surface area contributed by atoms with Crippen molar-refractivity contribution in [2.45, 2.75) is 13.0 Å². The van der Waals surface area contributed by atoms with Gasteiger partial charge in [-0.1, -0.05) is 30.3 Å². The number of nitrogens with one attached hydrogen (secondary N) is 1. The van der Waals surface area contributed by atoms with Crippen LogP contribution in [0.3, 0.4) is 0 Å². The number of nitrogens with zero attached hydrogens (tertiary/aromatic N) is 1. The van der Waals surface area contributed by atoms with Crippen molar-refractivity contribution in [3.8, 4) is 0 Å². The van der Waals surface area contributed by atoms with Gasteiger partial charge in [-0.15, -0.1) is 0 Å². The second-order valence-corrected chi connectivity index (χ2v) is 5.23. The lowest BCUT2D eigenvalue weighted by molar-refractivity contribution is 0.527. The van der Waals surface area contributed by atoms with Crippen LogP contribution in [-0.4, -0.2) is 11.6 Å². The fourth-order valence-electron chi connectivity index (χ4n) is 2.74. The van der Waals surface area contributed by atoms with Crippen LogP contribution in [0, 0.1) is 6.92 Å². The summed E-state index contributed by atoms with van der Waals surface area (Å²) in [6.07, 6.45) is 0. The summed E-state index contributed by atoms with van der Waals surface area (Å²) in [4.78, 5) is 11.6. The van der Waals surface area contributed by atoms with Crippen LogP contribution in [0.4, 0.5) is 0 Å². The van der Waals surface area contributed by atoms with E-state index in [-0.39, 0.29) is 11.8 Å². The Morgan fingerprint density at radius 1 is 1.19 bits per heavy atom. The molecule has 2 aromatic carbocycles. The molecule has 1 N–H and O–H groups in total. The summed E-state index contributed by atoms with van der Waals surface area (Å²) in [5.74, 6) is -0.334. The molecule has 4 nitrogen and oxygen atoms in total. The molecule has 0 spiro atoms. The number of hydrogen-bond donors (Lipinski definition) is 1. The molecule has 4 heteroatoms. The van der Waals surface area contributed by atoms with Gasteiger partial charge in [0.15, 0.2) is 5.58 Å². The summed E-state index contributed by atoms with van der Waals surface area (Å²) < 4.78 is 6.79. The third kappa shape index (κ3) is 2.28. The van der Waals surface area contributed by atoms with Gasteiger partial charge in [0.1, 0.15) is 0 Å². The summed E-state index contributed by atoms with van der Waals surface area (Å²) in [6, 6.07) is 14.2. The molecule has 1 heterocycles. The van der Waals surface area contributed by atoms with Gasteiger partial charge in [0.25, 0.3) is 0 Å². The van der Waals surface area contributed by atoms with Gasteiger partial charge in [0.2, 0.25) is 0 Å². The standard InChI is InChI=1S/C17H18N2O2/c1-11-6-4-5-7-13(11)16(18-2)12-8-9-14-15(10-12)21-17(20)19(14)3/h4-10,16,18H,1-3H3. The Kier molecular flexibility index (Phi) is 3.39. The summed E-state index contributed by atoms with van der Waals surface area (Å²) in [5, 5.41) is 3.33. The van der Waals surface area contributed by atoms with Gasteiger partial charge in [-0.25, -0.2) is 4.79 Å². The summed E-state index contributed by atoms with van der Waals surface area (Å²) in [7, 11) is 3.65. The van der Waals surface area contributed by atoms with E-state index >= 15 is 0 Å². The van der Waals surface area contributed by atoms with Gasteiger partial charge in [0.05, 0.1) is 11.6 Å². The summed E-state index contributed by atoms with van der Waals surface area (Å²) in [5.41, 5.74) is 4.95. The van der Waals surface area contributed by atoms with E-state index in [0.717, 1.165) is 11.1 Å². The molecule has 1 atom stereocenters. The Morgan fingerprint density at radius 2 is 1.95 bits per heavy atom. The Bertz CT molecular complexity index is 845. The molecule has 21 heavy (non-hydrogen) atoms. The lowest BCUT2D eigenvalue weighted by Gasteiger charge is -2.19. The van der Waals surface area contributed by atoms with Crippen molar-refractivity contribution in [1.82, 2.24) is 9.88 Å². The average molecular weight is 282 g/mol. The Balaban J connectivity index is 2.13. The SMILES string of the molecule is CNC(c1ccc2c(c1)oc(=O)n2C)c1ccccc1C. The number of benzene rings is 2. The van der Waals surface area contributed by atoms with Crippen molar-refractivity contribution in [3.05, 3.63) is 69.7 Å². The molecule has 0 radical (unpaired) electrons. The molecule has 3 aromatic rings. The lowest BCUT2D eigenvalue weighted by Crippen LogP contribution is -2.18. The lowest BCUT2D eigenvalue weighted by atomic mass is 9.95. The monoisotopic (exact) mass is 282 g/mol. The van der Waals surface area contributed by atoms with Crippen LogP contribution in [0.1, 0.15) is 22.7 Å². The number of oxazole rings is 1. The number of rotatable bonds is 3. The first-order valence-corrected chi connectivity index (χ1v) is 6.94. The molecule has 0 aliphatic heterocycles. The number of aromatic nitrogens is 1. The molecule has 0 aliphatic carbocycles. The van der Waals surface area contributed by atoms with E-state index in [2.05, 4.69) is 24.4 Å². The second kappa shape index (κ2) is 5.22. The van der Waals surface area contributed by atoms with Crippen LogP contribution in [0.15, 0.2) is 51.7 Å². The van der Waals surface area contributed by atoms with Gasteiger partial charge in [-0.3, -0.25) is 4.57 Å². The van der Waals surface area contributed by atoms with Crippen LogP contribution in [0.2, 0.25) is 0 Å². The zero-order valence-electron chi connectivity index (χ0n) is 12.4. The van der Waals surface area contributed by atoms with Crippen LogP contribution in [-0.2, 0) is 7.05 Å². The van der Waals surface area contributed by atoms with Crippen LogP contribution >= 0.6 is 0 Å². The van der Waals surface area contributed by atoms with Crippen molar-refractivity contribution in [2.75, 3.05) is 7.05 Å². The Labute approximate surface area is 123 Å². The second-order valence-electron chi connectivity index (χ2n) is 5.23. The van der Waals surface area contributed by atoms with Crippen molar-refractivity contribution in [2.24, 2.45) is 7.05 Å². The van der Waals surface area contributed by atoms with E-state index in [9.17, 15) is 4.79 Å². The zero-order valence-corrected chi connectivity index (χ0v) is 12.4.